The zero-order valence-corrected chi connectivity index (χ0v) is 12.6. The molecule has 3 aliphatic rings. The first-order chi connectivity index (χ1) is 11.0. The first-order valence-corrected chi connectivity index (χ1v) is 7.72. The second kappa shape index (κ2) is 4.89. The summed E-state index contributed by atoms with van der Waals surface area (Å²) in [4.78, 5) is 36.2. The van der Waals surface area contributed by atoms with Gasteiger partial charge in [0.1, 0.15) is 17.6 Å². The van der Waals surface area contributed by atoms with Crippen molar-refractivity contribution in [3.05, 3.63) is 35.9 Å². The van der Waals surface area contributed by atoms with Gasteiger partial charge in [0.2, 0.25) is 0 Å². The molecule has 1 aromatic carbocycles. The molecule has 6 nitrogen and oxygen atoms in total. The number of ether oxygens (including phenoxy) is 3. The van der Waals surface area contributed by atoms with Crippen LogP contribution in [-0.2, 0) is 23.8 Å². The molecule has 0 radical (unpaired) electrons. The Bertz CT molecular complexity index is 684. The summed E-state index contributed by atoms with van der Waals surface area (Å²) >= 11 is 0. The standard InChI is InChI=1S/C17H16O6/c1-9(21-14(18)10-5-3-2-4-6-10)17-8-7-11(23-17)12-13(17)16(20)22-15(12)19/h2-6,9,11-13H,7-8H2,1H3/t9-,11-,12?,13?,17-/m0/s1. The fraction of sp³-hybridized carbons (Fsp3) is 0.471. The number of esters is 3. The molecule has 3 heterocycles. The van der Waals surface area contributed by atoms with Crippen LogP contribution >= 0.6 is 0 Å². The number of hydrogen-bond donors (Lipinski definition) is 0. The van der Waals surface area contributed by atoms with Crippen LogP contribution in [0.15, 0.2) is 30.3 Å². The maximum Gasteiger partial charge on any atom is 0.338 e. The second-order valence-electron chi connectivity index (χ2n) is 6.31. The van der Waals surface area contributed by atoms with Crippen LogP contribution < -0.4 is 0 Å². The lowest BCUT2D eigenvalue weighted by Gasteiger charge is -2.34. The van der Waals surface area contributed by atoms with Crippen LogP contribution in [-0.4, -0.2) is 35.7 Å². The number of benzene rings is 1. The van der Waals surface area contributed by atoms with Gasteiger partial charge in [0, 0.05) is 0 Å². The van der Waals surface area contributed by atoms with Crippen LogP contribution in [0.4, 0.5) is 0 Å². The highest BCUT2D eigenvalue weighted by atomic mass is 16.6. The summed E-state index contributed by atoms with van der Waals surface area (Å²) in [6.45, 7) is 1.71. The largest absolute Gasteiger partial charge is 0.456 e. The van der Waals surface area contributed by atoms with Crippen LogP contribution in [0.2, 0.25) is 0 Å². The highest BCUT2D eigenvalue weighted by Gasteiger charge is 2.71. The van der Waals surface area contributed by atoms with Gasteiger partial charge in [-0.2, -0.15) is 0 Å². The summed E-state index contributed by atoms with van der Waals surface area (Å²) in [5, 5.41) is 0. The van der Waals surface area contributed by atoms with Crippen LogP contribution in [0.5, 0.6) is 0 Å². The Kier molecular flexibility index (Phi) is 3.06. The van der Waals surface area contributed by atoms with Crippen LogP contribution in [0.3, 0.4) is 0 Å². The van der Waals surface area contributed by atoms with Crippen molar-refractivity contribution in [2.75, 3.05) is 0 Å². The van der Waals surface area contributed by atoms with E-state index in [-0.39, 0.29) is 6.10 Å². The molecule has 23 heavy (non-hydrogen) atoms. The Labute approximate surface area is 132 Å². The van der Waals surface area contributed by atoms with E-state index in [9.17, 15) is 14.4 Å². The van der Waals surface area contributed by atoms with Crippen molar-refractivity contribution in [2.45, 2.75) is 37.6 Å². The first kappa shape index (κ1) is 14.4. The highest BCUT2D eigenvalue weighted by Crippen LogP contribution is 2.56. The Balaban J connectivity index is 1.58. The van der Waals surface area contributed by atoms with E-state index in [0.717, 1.165) is 0 Å². The molecule has 0 aliphatic carbocycles. The molecule has 0 amide bonds. The van der Waals surface area contributed by atoms with Gasteiger partial charge in [0.25, 0.3) is 0 Å². The zero-order valence-electron chi connectivity index (χ0n) is 12.6. The lowest BCUT2D eigenvalue weighted by atomic mass is 9.70. The molecule has 0 N–H and O–H groups in total. The monoisotopic (exact) mass is 316 g/mol. The summed E-state index contributed by atoms with van der Waals surface area (Å²) < 4.78 is 16.3. The Morgan fingerprint density at radius 1 is 1.26 bits per heavy atom. The van der Waals surface area contributed by atoms with Crippen molar-refractivity contribution >= 4 is 17.9 Å². The average Bonchev–Trinajstić information content (AvgIpc) is 3.20. The van der Waals surface area contributed by atoms with Crippen molar-refractivity contribution < 1.29 is 28.6 Å². The predicted octanol–water partition coefficient (Wildman–Crippen LogP) is 1.48. The molecule has 0 spiro atoms. The van der Waals surface area contributed by atoms with Crippen molar-refractivity contribution in [3.8, 4) is 0 Å². The number of fused-ring (bicyclic) bond motifs is 5. The molecule has 3 aliphatic heterocycles. The van der Waals surface area contributed by atoms with Gasteiger partial charge in [-0.15, -0.1) is 0 Å². The molecule has 4 rings (SSSR count). The van der Waals surface area contributed by atoms with Crippen LogP contribution in [0.1, 0.15) is 30.1 Å². The minimum Gasteiger partial charge on any atom is -0.456 e. The average molecular weight is 316 g/mol. The van der Waals surface area contributed by atoms with Gasteiger partial charge in [0.15, 0.2) is 0 Å². The van der Waals surface area contributed by atoms with E-state index in [0.29, 0.717) is 18.4 Å². The van der Waals surface area contributed by atoms with Crippen molar-refractivity contribution in [1.29, 1.82) is 0 Å². The summed E-state index contributed by atoms with van der Waals surface area (Å²) in [5.74, 6) is -2.79. The Morgan fingerprint density at radius 2 is 2.00 bits per heavy atom. The van der Waals surface area contributed by atoms with Gasteiger partial charge in [-0.1, -0.05) is 18.2 Å². The predicted molar refractivity (Wildman–Crippen MR) is 76.2 cm³/mol. The SMILES string of the molecule is C[C@H](OC(=O)c1ccccc1)[C@]12CC[C@H](O1)C1C(=O)OC(=O)C12. The Morgan fingerprint density at radius 3 is 2.74 bits per heavy atom. The normalized spacial score (nSPS) is 35.8. The molecule has 0 saturated carbocycles. The van der Waals surface area contributed by atoms with E-state index < -0.39 is 41.4 Å². The fourth-order valence-electron chi connectivity index (χ4n) is 4.09. The molecular formula is C17H16O6. The highest BCUT2D eigenvalue weighted by molar-refractivity contribution is 5.98. The quantitative estimate of drug-likeness (QED) is 0.621. The molecule has 2 unspecified atom stereocenters. The van der Waals surface area contributed by atoms with Gasteiger partial charge in [-0.25, -0.2) is 4.79 Å². The minimum absolute atomic E-state index is 0.322. The molecule has 120 valence electrons. The lowest BCUT2D eigenvalue weighted by Crippen LogP contribution is -2.49. The van der Waals surface area contributed by atoms with E-state index in [1.165, 1.54) is 0 Å². The van der Waals surface area contributed by atoms with E-state index in [2.05, 4.69) is 0 Å². The van der Waals surface area contributed by atoms with Crippen molar-refractivity contribution in [2.24, 2.45) is 11.8 Å². The fourth-order valence-corrected chi connectivity index (χ4v) is 4.09. The third kappa shape index (κ3) is 1.94. The topological polar surface area (TPSA) is 78.9 Å². The van der Waals surface area contributed by atoms with E-state index >= 15 is 0 Å². The third-order valence-corrected chi connectivity index (χ3v) is 5.19. The van der Waals surface area contributed by atoms with Crippen molar-refractivity contribution in [3.63, 3.8) is 0 Å². The van der Waals surface area contributed by atoms with Gasteiger partial charge >= 0.3 is 17.9 Å². The molecule has 6 heteroatoms. The summed E-state index contributed by atoms with van der Waals surface area (Å²) in [5.41, 5.74) is -0.520. The third-order valence-electron chi connectivity index (χ3n) is 5.19. The smallest absolute Gasteiger partial charge is 0.338 e. The molecule has 0 aromatic heterocycles. The van der Waals surface area contributed by atoms with E-state index in [1.54, 1.807) is 31.2 Å². The maximum absolute atomic E-state index is 12.3. The number of carbonyl (C=O) groups excluding carboxylic acids is 3. The second-order valence-corrected chi connectivity index (χ2v) is 6.31. The molecule has 1 aromatic rings. The first-order valence-electron chi connectivity index (χ1n) is 7.72. The minimum atomic E-state index is -0.955. The number of carbonyl (C=O) groups is 3. The number of cyclic esters (lactones) is 2. The maximum atomic E-state index is 12.3. The summed E-state index contributed by atoms with van der Waals surface area (Å²) in [7, 11) is 0. The van der Waals surface area contributed by atoms with Crippen LogP contribution in [0.25, 0.3) is 0 Å². The summed E-state index contributed by atoms with van der Waals surface area (Å²) in [6, 6.07) is 8.64. The van der Waals surface area contributed by atoms with Gasteiger partial charge in [0.05, 0.1) is 17.6 Å². The number of hydrogen-bond acceptors (Lipinski definition) is 6. The van der Waals surface area contributed by atoms with Gasteiger partial charge < -0.3 is 14.2 Å². The van der Waals surface area contributed by atoms with E-state index in [4.69, 9.17) is 14.2 Å². The molecule has 3 fully saturated rings. The van der Waals surface area contributed by atoms with Gasteiger partial charge in [-0.3, -0.25) is 9.59 Å². The van der Waals surface area contributed by atoms with Crippen molar-refractivity contribution in [1.82, 2.24) is 0 Å². The molecule has 3 saturated heterocycles. The zero-order chi connectivity index (χ0) is 16.2. The molecule has 5 atom stereocenters. The molecular weight excluding hydrogens is 300 g/mol. The number of rotatable bonds is 3. The van der Waals surface area contributed by atoms with Gasteiger partial charge in [-0.05, 0) is 31.9 Å². The lowest BCUT2D eigenvalue weighted by molar-refractivity contribution is -0.163. The van der Waals surface area contributed by atoms with E-state index in [1.807, 2.05) is 6.07 Å². The summed E-state index contributed by atoms with van der Waals surface area (Å²) in [6.07, 6.45) is 0.270. The Hall–Kier alpha value is -2.21. The molecule has 2 bridgehead atoms. The van der Waals surface area contributed by atoms with Crippen LogP contribution in [0, 0.1) is 11.8 Å².